The van der Waals surface area contributed by atoms with Crippen molar-refractivity contribution in [2.45, 2.75) is 18.9 Å². The molecule has 2 aromatic rings. The first kappa shape index (κ1) is 21.3. The van der Waals surface area contributed by atoms with E-state index < -0.39 is 0 Å². The van der Waals surface area contributed by atoms with Gasteiger partial charge >= 0.3 is 0 Å². The molecule has 1 N–H and O–H groups in total. The lowest BCUT2D eigenvalue weighted by Gasteiger charge is -2.32. The van der Waals surface area contributed by atoms with E-state index in [1.165, 1.54) is 0 Å². The molecule has 0 radical (unpaired) electrons. The zero-order chi connectivity index (χ0) is 20.8. The molecular weight excluding hydrogens is 386 g/mol. The van der Waals surface area contributed by atoms with E-state index >= 15 is 0 Å². The van der Waals surface area contributed by atoms with Gasteiger partial charge in [-0.2, -0.15) is 0 Å². The molecule has 5 nitrogen and oxygen atoms in total. The van der Waals surface area contributed by atoms with Crippen LogP contribution in [0.1, 0.15) is 34.8 Å². The summed E-state index contributed by atoms with van der Waals surface area (Å²) < 4.78 is 0. The fraction of sp³-hybridized carbons (Fsp3) is 0.391. The van der Waals surface area contributed by atoms with Gasteiger partial charge in [0.05, 0.1) is 6.04 Å². The van der Waals surface area contributed by atoms with Gasteiger partial charge in [0.15, 0.2) is 0 Å². The standard InChI is InChI=1S/C23H28ClN3O2/c1-26(2)16-21(17-6-4-3-5-7-17)25-22(28)18-12-14-27(15-13-18)23(29)19-8-10-20(24)11-9-19/h3-11,18,21H,12-16H2,1-2H3,(H,25,28)/t21-/m1/s1. The molecule has 0 aromatic heterocycles. The first-order chi connectivity index (χ1) is 13.9. The van der Waals surface area contributed by atoms with Gasteiger partial charge in [-0.25, -0.2) is 0 Å². The predicted octanol–water partition coefficient (Wildman–Crippen LogP) is 3.61. The molecule has 1 fully saturated rings. The monoisotopic (exact) mass is 413 g/mol. The van der Waals surface area contributed by atoms with E-state index in [9.17, 15) is 9.59 Å². The third kappa shape index (κ3) is 5.81. The maximum absolute atomic E-state index is 12.9. The van der Waals surface area contributed by atoms with Crippen LogP contribution in [0, 0.1) is 5.92 Å². The van der Waals surface area contributed by atoms with Gasteiger partial charge in [-0.1, -0.05) is 41.9 Å². The fourth-order valence-corrected chi connectivity index (χ4v) is 3.82. The second kappa shape index (κ2) is 9.90. The van der Waals surface area contributed by atoms with Gasteiger partial charge in [-0.3, -0.25) is 9.59 Å². The third-order valence-electron chi connectivity index (χ3n) is 5.31. The Balaban J connectivity index is 1.57. The molecule has 0 aliphatic carbocycles. The molecule has 154 valence electrons. The second-order valence-electron chi connectivity index (χ2n) is 7.81. The summed E-state index contributed by atoms with van der Waals surface area (Å²) in [7, 11) is 4.01. The van der Waals surface area contributed by atoms with Crippen molar-refractivity contribution in [2.24, 2.45) is 5.92 Å². The van der Waals surface area contributed by atoms with Crippen LogP contribution in [0.5, 0.6) is 0 Å². The highest BCUT2D eigenvalue weighted by Crippen LogP contribution is 2.22. The third-order valence-corrected chi connectivity index (χ3v) is 5.56. The Hall–Kier alpha value is -2.37. The molecule has 1 aliphatic rings. The Morgan fingerprint density at radius 2 is 1.69 bits per heavy atom. The van der Waals surface area contributed by atoms with Crippen molar-refractivity contribution in [3.8, 4) is 0 Å². The lowest BCUT2D eigenvalue weighted by molar-refractivity contribution is -0.127. The number of likely N-dealkylation sites (tertiary alicyclic amines) is 1. The summed E-state index contributed by atoms with van der Waals surface area (Å²) in [6.07, 6.45) is 1.35. The molecule has 0 unspecified atom stereocenters. The Morgan fingerprint density at radius 3 is 2.28 bits per heavy atom. The number of hydrogen-bond donors (Lipinski definition) is 1. The van der Waals surface area contributed by atoms with Crippen LogP contribution in [0.2, 0.25) is 5.02 Å². The van der Waals surface area contributed by atoms with E-state index in [4.69, 9.17) is 11.6 Å². The van der Waals surface area contributed by atoms with Crippen LogP contribution in [0.25, 0.3) is 0 Å². The SMILES string of the molecule is CN(C)C[C@@H](NC(=O)C1CCN(C(=O)c2ccc(Cl)cc2)CC1)c1ccccc1. The summed E-state index contributed by atoms with van der Waals surface area (Å²) in [4.78, 5) is 29.4. The molecule has 2 amide bonds. The summed E-state index contributed by atoms with van der Waals surface area (Å²) in [5, 5.41) is 3.83. The molecule has 0 saturated carbocycles. The van der Waals surface area contributed by atoms with Crippen molar-refractivity contribution in [2.75, 3.05) is 33.7 Å². The normalized spacial score (nSPS) is 15.9. The maximum Gasteiger partial charge on any atom is 0.253 e. The number of benzene rings is 2. The number of nitrogens with zero attached hydrogens (tertiary/aromatic N) is 2. The fourth-order valence-electron chi connectivity index (χ4n) is 3.69. The van der Waals surface area contributed by atoms with Crippen molar-refractivity contribution in [3.05, 3.63) is 70.7 Å². The molecule has 1 aliphatic heterocycles. The first-order valence-electron chi connectivity index (χ1n) is 9.99. The second-order valence-corrected chi connectivity index (χ2v) is 8.24. The average Bonchev–Trinajstić information content (AvgIpc) is 2.73. The van der Waals surface area contributed by atoms with Crippen molar-refractivity contribution in [1.29, 1.82) is 0 Å². The van der Waals surface area contributed by atoms with Crippen LogP contribution in [0.3, 0.4) is 0 Å². The Kier molecular flexibility index (Phi) is 7.29. The topological polar surface area (TPSA) is 52.7 Å². The number of likely N-dealkylation sites (N-methyl/N-ethyl adjacent to an activating group) is 1. The highest BCUT2D eigenvalue weighted by Gasteiger charge is 2.29. The molecule has 3 rings (SSSR count). The minimum Gasteiger partial charge on any atom is -0.348 e. The molecule has 1 heterocycles. The van der Waals surface area contributed by atoms with Crippen LogP contribution < -0.4 is 5.32 Å². The summed E-state index contributed by atoms with van der Waals surface area (Å²) in [5.74, 6) is -0.00719. The Labute approximate surface area is 177 Å². The summed E-state index contributed by atoms with van der Waals surface area (Å²) in [6, 6.07) is 16.9. The average molecular weight is 414 g/mol. The molecular formula is C23H28ClN3O2. The molecule has 0 bridgehead atoms. The molecule has 6 heteroatoms. The maximum atomic E-state index is 12.9. The molecule has 2 aromatic carbocycles. The van der Waals surface area contributed by atoms with Crippen molar-refractivity contribution in [3.63, 3.8) is 0 Å². The van der Waals surface area contributed by atoms with Crippen LogP contribution in [0.4, 0.5) is 0 Å². The number of nitrogens with one attached hydrogen (secondary N) is 1. The van der Waals surface area contributed by atoms with Crippen molar-refractivity contribution in [1.82, 2.24) is 15.1 Å². The van der Waals surface area contributed by atoms with Gasteiger partial charge in [0.2, 0.25) is 5.91 Å². The van der Waals surface area contributed by atoms with Crippen LogP contribution in [-0.4, -0.2) is 55.3 Å². The van der Waals surface area contributed by atoms with Crippen LogP contribution >= 0.6 is 11.6 Å². The summed E-state index contributed by atoms with van der Waals surface area (Å²) in [5.41, 5.74) is 1.73. The van der Waals surface area contributed by atoms with Gasteiger partial charge < -0.3 is 15.1 Å². The van der Waals surface area contributed by atoms with Crippen molar-refractivity contribution < 1.29 is 9.59 Å². The number of amides is 2. The first-order valence-corrected chi connectivity index (χ1v) is 10.4. The summed E-state index contributed by atoms with van der Waals surface area (Å²) in [6.45, 7) is 1.91. The Morgan fingerprint density at radius 1 is 1.07 bits per heavy atom. The lowest BCUT2D eigenvalue weighted by atomic mass is 9.94. The lowest BCUT2D eigenvalue weighted by Crippen LogP contribution is -2.44. The molecule has 29 heavy (non-hydrogen) atoms. The van der Waals surface area contributed by atoms with Crippen molar-refractivity contribution >= 4 is 23.4 Å². The minimum atomic E-state index is -0.0716. The van der Waals surface area contributed by atoms with E-state index in [2.05, 4.69) is 10.2 Å². The number of hydrogen-bond acceptors (Lipinski definition) is 3. The number of carbonyl (C=O) groups excluding carboxylic acids is 2. The predicted molar refractivity (Wildman–Crippen MR) is 116 cm³/mol. The number of piperidine rings is 1. The van der Waals surface area contributed by atoms with E-state index in [1.807, 2.05) is 49.3 Å². The smallest absolute Gasteiger partial charge is 0.253 e. The van der Waals surface area contributed by atoms with Gasteiger partial charge in [0.25, 0.3) is 5.91 Å². The number of halogens is 1. The zero-order valence-corrected chi connectivity index (χ0v) is 17.7. The summed E-state index contributed by atoms with van der Waals surface area (Å²) >= 11 is 5.90. The molecule has 1 atom stereocenters. The number of carbonyl (C=O) groups is 2. The van der Waals surface area contributed by atoms with Gasteiger partial charge in [-0.05, 0) is 56.8 Å². The van der Waals surface area contributed by atoms with Crippen LogP contribution in [-0.2, 0) is 4.79 Å². The van der Waals surface area contributed by atoms with E-state index in [0.29, 0.717) is 36.5 Å². The highest BCUT2D eigenvalue weighted by atomic mass is 35.5. The molecule has 0 spiro atoms. The van der Waals surface area contributed by atoms with E-state index in [0.717, 1.165) is 12.1 Å². The zero-order valence-electron chi connectivity index (χ0n) is 17.0. The van der Waals surface area contributed by atoms with E-state index in [-0.39, 0.29) is 23.8 Å². The van der Waals surface area contributed by atoms with Gasteiger partial charge in [0.1, 0.15) is 0 Å². The highest BCUT2D eigenvalue weighted by molar-refractivity contribution is 6.30. The van der Waals surface area contributed by atoms with Crippen LogP contribution in [0.15, 0.2) is 54.6 Å². The van der Waals surface area contributed by atoms with E-state index in [1.54, 1.807) is 24.3 Å². The van der Waals surface area contributed by atoms with Gasteiger partial charge in [-0.15, -0.1) is 0 Å². The Bertz CT molecular complexity index is 816. The number of rotatable bonds is 6. The minimum absolute atomic E-state index is 0.00436. The van der Waals surface area contributed by atoms with Gasteiger partial charge in [0, 0.05) is 36.1 Å². The quantitative estimate of drug-likeness (QED) is 0.787. The largest absolute Gasteiger partial charge is 0.348 e. The molecule has 1 saturated heterocycles.